The zero-order valence-corrected chi connectivity index (χ0v) is 15.7. The van der Waals surface area contributed by atoms with E-state index in [4.69, 9.17) is 0 Å². The van der Waals surface area contributed by atoms with Crippen molar-refractivity contribution in [1.82, 2.24) is 19.3 Å². The number of aryl methyl sites for hydroxylation is 2. The monoisotopic (exact) mass is 398 g/mol. The van der Waals surface area contributed by atoms with Gasteiger partial charge in [0.25, 0.3) is 5.56 Å². The van der Waals surface area contributed by atoms with E-state index in [9.17, 15) is 18.0 Å². The van der Waals surface area contributed by atoms with Gasteiger partial charge in [0.1, 0.15) is 11.7 Å². The van der Waals surface area contributed by atoms with E-state index in [-0.39, 0.29) is 12.1 Å². The van der Waals surface area contributed by atoms with Gasteiger partial charge in [-0.25, -0.2) is 9.67 Å². The molecular weight excluding hydrogens is 381 g/mol. The Hall–Kier alpha value is -3.42. The van der Waals surface area contributed by atoms with Gasteiger partial charge in [-0.3, -0.25) is 9.36 Å². The summed E-state index contributed by atoms with van der Waals surface area (Å²) in [7, 11) is 0. The second-order valence-corrected chi connectivity index (χ2v) is 7.02. The maximum absolute atomic E-state index is 12.9. The van der Waals surface area contributed by atoms with Crippen LogP contribution in [0.3, 0.4) is 0 Å². The first kappa shape index (κ1) is 18.9. The van der Waals surface area contributed by atoms with Gasteiger partial charge < -0.3 is 0 Å². The number of aromatic nitrogens is 4. The van der Waals surface area contributed by atoms with E-state index >= 15 is 0 Å². The molecule has 0 amide bonds. The van der Waals surface area contributed by atoms with Gasteiger partial charge >= 0.3 is 6.18 Å². The highest BCUT2D eigenvalue weighted by Crippen LogP contribution is 2.29. The van der Waals surface area contributed by atoms with Gasteiger partial charge in [0.05, 0.1) is 24.0 Å². The Bertz CT molecular complexity index is 1250. The minimum Gasteiger partial charge on any atom is -0.294 e. The molecule has 0 saturated heterocycles. The third kappa shape index (κ3) is 3.65. The molecule has 5 nitrogen and oxygen atoms in total. The van der Waals surface area contributed by atoms with Gasteiger partial charge in [-0.1, -0.05) is 18.2 Å². The zero-order chi connectivity index (χ0) is 20.8. The van der Waals surface area contributed by atoms with Crippen LogP contribution in [0.1, 0.15) is 22.3 Å². The average molecular weight is 398 g/mol. The quantitative estimate of drug-likeness (QED) is 0.518. The zero-order valence-electron chi connectivity index (χ0n) is 15.7. The Morgan fingerprint density at radius 3 is 2.45 bits per heavy atom. The lowest BCUT2D eigenvalue weighted by Crippen LogP contribution is -2.21. The van der Waals surface area contributed by atoms with E-state index in [0.29, 0.717) is 16.6 Å². The lowest BCUT2D eigenvalue weighted by molar-refractivity contribution is -0.137. The van der Waals surface area contributed by atoms with Crippen molar-refractivity contribution in [3.63, 3.8) is 0 Å². The van der Waals surface area contributed by atoms with Crippen molar-refractivity contribution < 1.29 is 13.2 Å². The number of fused-ring (bicyclic) bond motifs is 1. The Kier molecular flexibility index (Phi) is 4.49. The van der Waals surface area contributed by atoms with Crippen LogP contribution in [0.2, 0.25) is 0 Å². The molecule has 4 rings (SSSR count). The first-order valence-corrected chi connectivity index (χ1v) is 8.90. The Morgan fingerprint density at radius 1 is 1.03 bits per heavy atom. The van der Waals surface area contributed by atoms with Crippen molar-refractivity contribution >= 4 is 11.0 Å². The van der Waals surface area contributed by atoms with Crippen molar-refractivity contribution in [3.05, 3.63) is 87.6 Å². The fourth-order valence-electron chi connectivity index (χ4n) is 3.37. The van der Waals surface area contributed by atoms with Crippen LogP contribution in [0.4, 0.5) is 13.2 Å². The SMILES string of the molecule is Cc1cc(C)cc(-n2ncc3c(=O)n(Cc4cccc(C(F)(F)F)c4)cnc32)c1. The lowest BCUT2D eigenvalue weighted by atomic mass is 10.1. The van der Waals surface area contributed by atoms with Crippen LogP contribution >= 0.6 is 0 Å². The summed E-state index contributed by atoms with van der Waals surface area (Å²) >= 11 is 0. The van der Waals surface area contributed by atoms with Crippen molar-refractivity contribution in [1.29, 1.82) is 0 Å². The van der Waals surface area contributed by atoms with Crippen molar-refractivity contribution in [3.8, 4) is 5.69 Å². The van der Waals surface area contributed by atoms with E-state index in [0.717, 1.165) is 28.9 Å². The summed E-state index contributed by atoms with van der Waals surface area (Å²) in [6.45, 7) is 3.93. The molecule has 4 aromatic rings. The summed E-state index contributed by atoms with van der Waals surface area (Å²) in [5, 5.41) is 4.60. The molecule has 0 saturated carbocycles. The molecule has 0 spiro atoms. The third-order valence-electron chi connectivity index (χ3n) is 4.61. The number of nitrogens with zero attached hydrogens (tertiary/aromatic N) is 4. The first-order chi connectivity index (χ1) is 13.7. The molecule has 0 aliphatic carbocycles. The molecule has 2 aromatic carbocycles. The maximum Gasteiger partial charge on any atom is 0.416 e. The maximum atomic E-state index is 12.9. The van der Waals surface area contributed by atoms with Crippen molar-refractivity contribution in [2.75, 3.05) is 0 Å². The normalized spacial score (nSPS) is 11.9. The van der Waals surface area contributed by atoms with Crippen molar-refractivity contribution in [2.24, 2.45) is 0 Å². The van der Waals surface area contributed by atoms with E-state index in [1.807, 2.05) is 32.0 Å². The number of benzene rings is 2. The number of hydrogen-bond donors (Lipinski definition) is 0. The summed E-state index contributed by atoms with van der Waals surface area (Å²) < 4.78 is 41.6. The molecular formula is C21H17F3N4O. The Labute approximate surface area is 164 Å². The van der Waals surface area contributed by atoms with Crippen LogP contribution in [0.25, 0.3) is 16.7 Å². The Balaban J connectivity index is 1.74. The fourth-order valence-corrected chi connectivity index (χ4v) is 3.37. The third-order valence-corrected chi connectivity index (χ3v) is 4.61. The molecule has 2 heterocycles. The average Bonchev–Trinajstić information content (AvgIpc) is 3.08. The van der Waals surface area contributed by atoms with Crippen LogP contribution in [0.5, 0.6) is 0 Å². The van der Waals surface area contributed by atoms with Crippen LogP contribution in [0.15, 0.2) is 59.8 Å². The number of alkyl halides is 3. The Morgan fingerprint density at radius 2 is 1.76 bits per heavy atom. The predicted octanol–water partition coefficient (Wildman–Crippen LogP) is 4.27. The molecule has 0 aliphatic rings. The predicted molar refractivity (Wildman–Crippen MR) is 103 cm³/mol. The van der Waals surface area contributed by atoms with Gasteiger partial charge in [-0.2, -0.15) is 18.3 Å². The van der Waals surface area contributed by atoms with E-state index in [2.05, 4.69) is 10.1 Å². The van der Waals surface area contributed by atoms with Crippen molar-refractivity contribution in [2.45, 2.75) is 26.6 Å². The summed E-state index contributed by atoms with van der Waals surface area (Å²) in [6.07, 6.45) is -1.66. The van der Waals surface area contributed by atoms with E-state index in [1.54, 1.807) is 10.7 Å². The summed E-state index contributed by atoms with van der Waals surface area (Å²) in [4.78, 5) is 17.2. The molecule has 0 unspecified atom stereocenters. The van der Waals surface area contributed by atoms with Crippen LogP contribution < -0.4 is 5.56 Å². The summed E-state index contributed by atoms with van der Waals surface area (Å²) in [5.74, 6) is 0. The molecule has 0 radical (unpaired) electrons. The summed E-state index contributed by atoms with van der Waals surface area (Å²) in [6, 6.07) is 10.8. The van der Waals surface area contributed by atoms with Crippen LogP contribution in [-0.2, 0) is 12.7 Å². The fraction of sp³-hybridized carbons (Fsp3) is 0.190. The van der Waals surface area contributed by atoms with Crippen LogP contribution in [-0.4, -0.2) is 19.3 Å². The minimum absolute atomic E-state index is 0.0135. The molecule has 0 N–H and O–H groups in total. The number of rotatable bonds is 3. The van der Waals surface area contributed by atoms with E-state index in [1.165, 1.54) is 23.2 Å². The topological polar surface area (TPSA) is 52.7 Å². The molecule has 0 fully saturated rings. The molecule has 8 heteroatoms. The second kappa shape index (κ2) is 6.88. The molecule has 0 atom stereocenters. The highest BCUT2D eigenvalue weighted by Gasteiger charge is 2.30. The molecule has 148 valence electrons. The smallest absolute Gasteiger partial charge is 0.294 e. The largest absolute Gasteiger partial charge is 0.416 e. The van der Waals surface area contributed by atoms with Gasteiger partial charge in [0.2, 0.25) is 0 Å². The highest BCUT2D eigenvalue weighted by molar-refractivity contribution is 5.75. The minimum atomic E-state index is -4.43. The van der Waals surface area contributed by atoms with E-state index < -0.39 is 11.7 Å². The number of halogens is 3. The van der Waals surface area contributed by atoms with Gasteiger partial charge in [0, 0.05) is 0 Å². The molecule has 2 aromatic heterocycles. The highest BCUT2D eigenvalue weighted by atomic mass is 19.4. The molecule has 29 heavy (non-hydrogen) atoms. The van der Waals surface area contributed by atoms with Gasteiger partial charge in [-0.05, 0) is 54.8 Å². The second-order valence-electron chi connectivity index (χ2n) is 7.02. The van der Waals surface area contributed by atoms with Gasteiger partial charge in [-0.15, -0.1) is 0 Å². The lowest BCUT2D eigenvalue weighted by Gasteiger charge is -2.10. The number of hydrogen-bond acceptors (Lipinski definition) is 3. The summed E-state index contributed by atoms with van der Waals surface area (Å²) in [5.41, 5.74) is 2.57. The molecule has 0 aliphatic heterocycles. The van der Waals surface area contributed by atoms with Crippen LogP contribution in [0, 0.1) is 13.8 Å². The standard InChI is InChI=1S/C21H17F3N4O/c1-13-6-14(2)8-17(7-13)28-19-18(10-26-28)20(29)27(12-25-19)11-15-4-3-5-16(9-15)21(22,23)24/h3-10,12H,11H2,1-2H3. The van der Waals surface area contributed by atoms with Gasteiger partial charge in [0.15, 0.2) is 5.65 Å². The molecule has 0 bridgehead atoms. The first-order valence-electron chi connectivity index (χ1n) is 8.90.